The van der Waals surface area contributed by atoms with Crippen LogP contribution in [0.4, 0.5) is 0 Å². The lowest BCUT2D eigenvalue weighted by molar-refractivity contribution is -0.138. The van der Waals surface area contributed by atoms with Crippen molar-refractivity contribution in [2.24, 2.45) is 0 Å². The topological polar surface area (TPSA) is 75.7 Å². The van der Waals surface area contributed by atoms with Gasteiger partial charge in [0.2, 0.25) is 11.8 Å². The number of methoxy groups -OCH3 is 1. The van der Waals surface area contributed by atoms with E-state index in [-0.39, 0.29) is 12.1 Å². The molecule has 0 aromatic heterocycles. The predicted molar refractivity (Wildman–Crippen MR) is 84.4 cm³/mol. The molecule has 6 nitrogen and oxygen atoms in total. The van der Waals surface area contributed by atoms with Crippen LogP contribution < -0.4 is 10.1 Å². The second kappa shape index (κ2) is 6.18. The number of carbonyl (C=O) groups is 3. The van der Waals surface area contributed by atoms with Crippen LogP contribution in [0.2, 0.25) is 5.02 Å². The molecule has 21 heavy (non-hydrogen) atoms. The summed E-state index contributed by atoms with van der Waals surface area (Å²) < 4.78 is 5.92. The van der Waals surface area contributed by atoms with E-state index >= 15 is 0 Å². The Morgan fingerprint density at radius 2 is 2.14 bits per heavy atom. The molecule has 1 aromatic carbocycles. The van der Waals surface area contributed by atoms with Crippen LogP contribution in [0, 0.1) is 3.57 Å². The molecule has 1 N–H and O–H groups in total. The summed E-state index contributed by atoms with van der Waals surface area (Å²) in [6.45, 7) is 1.37. The molecular formula is C13H12ClIN2O4. The molecule has 1 atom stereocenters. The molecular weight excluding hydrogens is 411 g/mol. The third-order valence-electron chi connectivity index (χ3n) is 3.16. The van der Waals surface area contributed by atoms with Gasteiger partial charge in [-0.15, -0.1) is 0 Å². The third kappa shape index (κ3) is 3.13. The summed E-state index contributed by atoms with van der Waals surface area (Å²) in [5.74, 6) is -1.14. The number of halogens is 2. The molecule has 1 unspecified atom stereocenters. The van der Waals surface area contributed by atoms with Gasteiger partial charge >= 0.3 is 0 Å². The molecule has 1 aliphatic rings. The number of hydrogen-bond acceptors (Lipinski definition) is 4. The number of nitrogens with zero attached hydrogens (tertiary/aromatic N) is 1. The second-order valence-corrected chi connectivity index (χ2v) is 6.06. The number of carbonyl (C=O) groups excluding carboxylic acids is 3. The number of rotatable bonds is 2. The van der Waals surface area contributed by atoms with Gasteiger partial charge in [-0.1, -0.05) is 11.6 Å². The van der Waals surface area contributed by atoms with Gasteiger partial charge in [-0.2, -0.15) is 0 Å². The largest absolute Gasteiger partial charge is 0.496 e. The van der Waals surface area contributed by atoms with Crippen molar-refractivity contribution in [2.45, 2.75) is 13.0 Å². The maximum absolute atomic E-state index is 12.6. The van der Waals surface area contributed by atoms with Crippen LogP contribution in [0.25, 0.3) is 0 Å². The van der Waals surface area contributed by atoms with Crippen molar-refractivity contribution in [2.75, 3.05) is 13.7 Å². The number of ether oxygens (including phenoxy) is 1. The molecule has 2 rings (SSSR count). The molecule has 3 amide bonds. The Morgan fingerprint density at radius 3 is 2.76 bits per heavy atom. The third-order valence-corrected chi connectivity index (χ3v) is 4.68. The van der Waals surface area contributed by atoms with Crippen molar-refractivity contribution in [3.8, 4) is 5.75 Å². The minimum Gasteiger partial charge on any atom is -0.496 e. The molecule has 1 fully saturated rings. The number of benzene rings is 1. The smallest absolute Gasteiger partial charge is 0.258 e. The number of piperazine rings is 1. The van der Waals surface area contributed by atoms with E-state index in [1.807, 2.05) is 22.6 Å². The average molecular weight is 423 g/mol. The van der Waals surface area contributed by atoms with Gasteiger partial charge < -0.3 is 9.64 Å². The molecule has 0 bridgehead atoms. The molecule has 0 aliphatic carbocycles. The van der Waals surface area contributed by atoms with E-state index in [1.165, 1.54) is 18.1 Å². The van der Waals surface area contributed by atoms with Crippen LogP contribution >= 0.6 is 34.2 Å². The summed E-state index contributed by atoms with van der Waals surface area (Å²) in [6, 6.07) is 2.37. The van der Waals surface area contributed by atoms with E-state index in [4.69, 9.17) is 16.3 Å². The maximum Gasteiger partial charge on any atom is 0.258 e. The van der Waals surface area contributed by atoms with Crippen molar-refractivity contribution < 1.29 is 19.1 Å². The highest BCUT2D eigenvalue weighted by Gasteiger charge is 2.35. The fourth-order valence-corrected chi connectivity index (χ4v) is 2.58. The minimum absolute atomic E-state index is 0.182. The second-order valence-electron chi connectivity index (χ2n) is 4.49. The van der Waals surface area contributed by atoms with Crippen LogP contribution in [0.15, 0.2) is 12.1 Å². The molecule has 0 spiro atoms. The maximum atomic E-state index is 12.6. The van der Waals surface area contributed by atoms with Gasteiger partial charge in [-0.25, -0.2) is 0 Å². The lowest BCUT2D eigenvalue weighted by Gasteiger charge is -2.32. The summed E-state index contributed by atoms with van der Waals surface area (Å²) in [5, 5.41) is 2.59. The van der Waals surface area contributed by atoms with E-state index in [2.05, 4.69) is 5.32 Å². The zero-order chi connectivity index (χ0) is 15.7. The highest BCUT2D eigenvalue weighted by molar-refractivity contribution is 14.1. The van der Waals surface area contributed by atoms with E-state index in [1.54, 1.807) is 13.0 Å². The Balaban J connectivity index is 2.41. The molecule has 1 aromatic rings. The van der Waals surface area contributed by atoms with E-state index < -0.39 is 23.8 Å². The van der Waals surface area contributed by atoms with Gasteiger partial charge in [0.25, 0.3) is 5.91 Å². The predicted octanol–water partition coefficient (Wildman–Crippen LogP) is 1.44. The lowest BCUT2D eigenvalue weighted by Crippen LogP contribution is -2.58. The molecule has 1 saturated heterocycles. The normalized spacial score (nSPS) is 18.5. The van der Waals surface area contributed by atoms with Gasteiger partial charge in [0.15, 0.2) is 0 Å². The molecule has 0 radical (unpaired) electrons. The fraction of sp³-hybridized carbons (Fsp3) is 0.308. The van der Waals surface area contributed by atoms with Gasteiger partial charge in [-0.3, -0.25) is 19.7 Å². The molecule has 1 heterocycles. The van der Waals surface area contributed by atoms with Crippen LogP contribution in [0.1, 0.15) is 17.3 Å². The molecule has 112 valence electrons. The van der Waals surface area contributed by atoms with Gasteiger partial charge in [0, 0.05) is 3.57 Å². The molecule has 1 aliphatic heterocycles. The summed E-state index contributed by atoms with van der Waals surface area (Å²) >= 11 is 8.06. The van der Waals surface area contributed by atoms with E-state index in [9.17, 15) is 14.4 Å². The van der Waals surface area contributed by atoms with Crippen molar-refractivity contribution in [3.05, 3.63) is 26.3 Å². The first-order chi connectivity index (χ1) is 9.85. The zero-order valence-electron chi connectivity index (χ0n) is 11.3. The SMILES string of the molecule is COc1cc(I)c(Cl)cc1C(=O)N1CC(=O)NC(=O)C1C. The Kier molecular flexibility index (Phi) is 4.72. The Bertz CT molecular complexity index is 635. The number of amides is 3. The number of nitrogens with one attached hydrogen (secondary N) is 1. The van der Waals surface area contributed by atoms with E-state index in [0.29, 0.717) is 10.8 Å². The Hall–Kier alpha value is -1.35. The zero-order valence-corrected chi connectivity index (χ0v) is 14.2. The summed E-state index contributed by atoms with van der Waals surface area (Å²) in [6.07, 6.45) is 0. The Morgan fingerprint density at radius 1 is 1.48 bits per heavy atom. The van der Waals surface area contributed by atoms with Crippen LogP contribution in [0.3, 0.4) is 0 Å². The average Bonchev–Trinajstić information content (AvgIpc) is 2.44. The summed E-state index contributed by atoms with van der Waals surface area (Å²) in [5.41, 5.74) is 0.220. The van der Waals surface area contributed by atoms with Crippen LogP contribution in [-0.4, -0.2) is 42.3 Å². The number of hydrogen-bond donors (Lipinski definition) is 1. The Labute approximate surface area is 139 Å². The highest BCUT2D eigenvalue weighted by Crippen LogP contribution is 2.29. The minimum atomic E-state index is -0.738. The van der Waals surface area contributed by atoms with Gasteiger partial charge in [-0.05, 0) is 41.6 Å². The van der Waals surface area contributed by atoms with Gasteiger partial charge in [0.1, 0.15) is 18.3 Å². The standard InChI is InChI=1S/C13H12ClIN2O4/c1-6-12(19)16-11(18)5-17(6)13(20)7-3-8(14)9(15)4-10(7)21-2/h3-4,6H,5H2,1-2H3,(H,16,18,19). The van der Waals surface area contributed by atoms with Gasteiger partial charge in [0.05, 0.1) is 17.7 Å². The van der Waals surface area contributed by atoms with Crippen molar-refractivity contribution in [1.29, 1.82) is 0 Å². The van der Waals surface area contributed by atoms with E-state index in [0.717, 1.165) is 3.57 Å². The molecule has 0 saturated carbocycles. The summed E-state index contributed by atoms with van der Waals surface area (Å²) in [4.78, 5) is 36.9. The van der Waals surface area contributed by atoms with Crippen LogP contribution in [-0.2, 0) is 9.59 Å². The monoisotopic (exact) mass is 422 g/mol. The first-order valence-electron chi connectivity index (χ1n) is 6.03. The fourth-order valence-electron chi connectivity index (χ4n) is 1.98. The summed E-state index contributed by atoms with van der Waals surface area (Å²) in [7, 11) is 1.44. The van der Waals surface area contributed by atoms with Crippen LogP contribution in [0.5, 0.6) is 5.75 Å². The highest BCUT2D eigenvalue weighted by atomic mass is 127. The number of imide groups is 1. The van der Waals surface area contributed by atoms with Crippen molar-refractivity contribution in [3.63, 3.8) is 0 Å². The quantitative estimate of drug-likeness (QED) is 0.578. The van der Waals surface area contributed by atoms with Crippen molar-refractivity contribution >= 4 is 51.9 Å². The van der Waals surface area contributed by atoms with Crippen molar-refractivity contribution in [1.82, 2.24) is 10.2 Å². The lowest BCUT2D eigenvalue weighted by atomic mass is 10.1. The molecule has 8 heteroatoms. The first kappa shape index (κ1) is 16.0. The first-order valence-corrected chi connectivity index (χ1v) is 7.48.